The predicted octanol–water partition coefficient (Wildman–Crippen LogP) is 4.00. The van der Waals surface area contributed by atoms with E-state index in [2.05, 4.69) is 10.8 Å². The summed E-state index contributed by atoms with van der Waals surface area (Å²) in [6.07, 6.45) is 5.94. The van der Waals surface area contributed by atoms with E-state index >= 15 is 0 Å². The molecule has 4 rings (SSSR count). The van der Waals surface area contributed by atoms with Crippen LogP contribution in [0.2, 0.25) is 0 Å². The minimum atomic E-state index is -0.571. The van der Waals surface area contributed by atoms with Crippen LogP contribution in [0.15, 0.2) is 40.5 Å². The van der Waals surface area contributed by atoms with E-state index in [0.29, 0.717) is 23.2 Å². The summed E-state index contributed by atoms with van der Waals surface area (Å²) in [4.78, 5) is 33.5. The number of Topliss-reactive ketones (excluding diaryl/α,β-unsaturated/α-hetero) is 1. The molecule has 6 nitrogen and oxygen atoms in total. The highest BCUT2D eigenvalue weighted by Crippen LogP contribution is 2.43. The fraction of sp³-hybridized carbons (Fsp3) is 0.450. The Balaban J connectivity index is 1.39. The largest absolute Gasteiger partial charge is 0.435 e. The highest BCUT2D eigenvalue weighted by molar-refractivity contribution is 6.04. The molecule has 1 saturated carbocycles. The summed E-state index contributed by atoms with van der Waals surface area (Å²) in [5.41, 5.74) is 7.58. The number of fused-ring (bicyclic) bond motifs is 3. The van der Waals surface area contributed by atoms with E-state index in [1.54, 1.807) is 24.3 Å². The van der Waals surface area contributed by atoms with Crippen molar-refractivity contribution in [2.75, 3.05) is 5.32 Å². The molecule has 26 heavy (non-hydrogen) atoms. The number of anilines is 1. The molecule has 1 amide bonds. The van der Waals surface area contributed by atoms with E-state index in [1.807, 2.05) is 0 Å². The zero-order valence-corrected chi connectivity index (χ0v) is 14.9. The van der Waals surface area contributed by atoms with Gasteiger partial charge >= 0.3 is 6.09 Å². The van der Waals surface area contributed by atoms with Crippen molar-refractivity contribution < 1.29 is 14.4 Å². The van der Waals surface area contributed by atoms with Gasteiger partial charge in [0.25, 0.3) is 0 Å². The zero-order valence-electron chi connectivity index (χ0n) is 14.9. The summed E-state index contributed by atoms with van der Waals surface area (Å²) in [6, 6.07) is 7.16. The van der Waals surface area contributed by atoms with Gasteiger partial charge in [-0.3, -0.25) is 15.1 Å². The second-order valence-electron chi connectivity index (χ2n) is 7.18. The van der Waals surface area contributed by atoms with Crippen LogP contribution in [0.3, 0.4) is 0 Å². The lowest BCUT2D eigenvalue weighted by Gasteiger charge is -2.22. The molecule has 2 aliphatic carbocycles. The van der Waals surface area contributed by atoms with Gasteiger partial charge in [-0.15, -0.1) is 0 Å². The Morgan fingerprint density at radius 2 is 1.92 bits per heavy atom. The van der Waals surface area contributed by atoms with Crippen molar-refractivity contribution in [1.29, 1.82) is 0 Å². The average Bonchev–Trinajstić information content (AvgIpc) is 3.21. The average molecular weight is 353 g/mol. The number of nitrogens with zero attached hydrogens (tertiary/aromatic N) is 1. The summed E-state index contributed by atoms with van der Waals surface area (Å²) in [6.45, 7) is 1.51. The van der Waals surface area contributed by atoms with Crippen LogP contribution in [0.1, 0.15) is 55.8 Å². The number of hydrogen-bond donors (Lipinski definition) is 2. The van der Waals surface area contributed by atoms with Crippen molar-refractivity contribution >= 4 is 23.3 Å². The summed E-state index contributed by atoms with van der Waals surface area (Å²) >= 11 is 0. The van der Waals surface area contributed by atoms with Crippen LogP contribution in [0.25, 0.3) is 0 Å². The Hall–Kier alpha value is -2.63. The highest BCUT2D eigenvalue weighted by atomic mass is 16.7. The number of aliphatic imine (C=N–C) groups is 1. The monoisotopic (exact) mass is 353 g/mol. The second-order valence-corrected chi connectivity index (χ2v) is 7.18. The van der Waals surface area contributed by atoms with Gasteiger partial charge in [0.05, 0.1) is 11.7 Å². The number of carbonyl (C=O) groups is 2. The van der Waals surface area contributed by atoms with Gasteiger partial charge in [0.1, 0.15) is 0 Å². The Morgan fingerprint density at radius 1 is 1.12 bits per heavy atom. The van der Waals surface area contributed by atoms with Gasteiger partial charge in [0.2, 0.25) is 0 Å². The first-order chi connectivity index (χ1) is 12.6. The lowest BCUT2D eigenvalue weighted by atomic mass is 9.86. The molecule has 2 N–H and O–H groups in total. The maximum Gasteiger partial charge on any atom is 0.435 e. The first-order valence-corrected chi connectivity index (χ1v) is 9.27. The number of ketones is 1. The standard InChI is InChI=1S/C20H23N3O3/c1-12(24)13-8-10-14(11-9-13)21-20(25)26-23-18-7-3-6-17-19(18)15-4-2-5-16(15)22-17/h8-11,15-16,23H,2-7H2,1H3,(H,21,25). The van der Waals surface area contributed by atoms with Crippen LogP contribution < -0.4 is 10.8 Å². The minimum absolute atomic E-state index is 0.00855. The Bertz CT molecular complexity index is 795. The number of nitrogens with one attached hydrogen (secondary N) is 2. The van der Waals surface area contributed by atoms with E-state index < -0.39 is 6.09 Å². The molecule has 6 heteroatoms. The number of benzene rings is 1. The number of amides is 1. The summed E-state index contributed by atoms with van der Waals surface area (Å²) in [7, 11) is 0. The van der Waals surface area contributed by atoms with Crippen molar-refractivity contribution in [2.24, 2.45) is 10.9 Å². The van der Waals surface area contributed by atoms with E-state index in [4.69, 9.17) is 9.83 Å². The summed E-state index contributed by atoms with van der Waals surface area (Å²) in [5, 5.41) is 2.67. The molecule has 2 unspecified atom stereocenters. The molecular formula is C20H23N3O3. The lowest BCUT2D eigenvalue weighted by molar-refractivity contribution is 0.101. The number of hydroxylamine groups is 1. The fourth-order valence-electron chi connectivity index (χ4n) is 4.23. The Kier molecular flexibility index (Phi) is 4.49. The van der Waals surface area contributed by atoms with Crippen LogP contribution >= 0.6 is 0 Å². The molecule has 1 aromatic rings. The lowest BCUT2D eigenvalue weighted by Crippen LogP contribution is -2.28. The van der Waals surface area contributed by atoms with Crippen LogP contribution in [0, 0.1) is 5.92 Å². The predicted molar refractivity (Wildman–Crippen MR) is 99.1 cm³/mol. The van der Waals surface area contributed by atoms with Crippen molar-refractivity contribution in [3.8, 4) is 0 Å². The molecule has 136 valence electrons. The minimum Gasteiger partial charge on any atom is -0.324 e. The van der Waals surface area contributed by atoms with Gasteiger partial charge in [-0.25, -0.2) is 10.3 Å². The maximum atomic E-state index is 12.1. The van der Waals surface area contributed by atoms with Gasteiger partial charge in [-0.2, -0.15) is 0 Å². The highest BCUT2D eigenvalue weighted by Gasteiger charge is 2.40. The summed E-state index contributed by atoms with van der Waals surface area (Å²) < 4.78 is 0. The Labute approximate surface area is 152 Å². The molecule has 1 fully saturated rings. The van der Waals surface area contributed by atoms with Crippen LogP contribution in [-0.2, 0) is 4.84 Å². The molecular weight excluding hydrogens is 330 g/mol. The quantitative estimate of drug-likeness (QED) is 0.633. The van der Waals surface area contributed by atoms with Gasteiger partial charge in [0, 0.05) is 28.5 Å². The van der Waals surface area contributed by atoms with Gasteiger partial charge in [-0.05, 0) is 63.3 Å². The number of rotatable bonds is 4. The topological polar surface area (TPSA) is 79.8 Å². The van der Waals surface area contributed by atoms with E-state index in [9.17, 15) is 9.59 Å². The smallest absolute Gasteiger partial charge is 0.324 e. The number of carbonyl (C=O) groups excluding carboxylic acids is 2. The van der Waals surface area contributed by atoms with Crippen molar-refractivity contribution in [2.45, 2.75) is 51.5 Å². The molecule has 0 saturated heterocycles. The summed E-state index contributed by atoms with van der Waals surface area (Å²) in [5.74, 6) is 0.490. The molecule has 2 atom stereocenters. The molecule has 1 heterocycles. The van der Waals surface area contributed by atoms with Gasteiger partial charge in [0.15, 0.2) is 5.78 Å². The first kappa shape index (κ1) is 16.8. The molecule has 0 aromatic heterocycles. The van der Waals surface area contributed by atoms with Crippen LogP contribution in [-0.4, -0.2) is 23.6 Å². The van der Waals surface area contributed by atoms with Crippen molar-refractivity contribution in [1.82, 2.24) is 5.48 Å². The van der Waals surface area contributed by atoms with Gasteiger partial charge < -0.3 is 4.84 Å². The van der Waals surface area contributed by atoms with Crippen LogP contribution in [0.5, 0.6) is 0 Å². The normalized spacial score (nSPS) is 23.8. The SMILES string of the molecule is CC(=O)c1ccc(NC(=O)ONC2=C3C(=NC4CCCC34)CCC2)cc1. The van der Waals surface area contributed by atoms with Crippen LogP contribution in [0.4, 0.5) is 10.5 Å². The van der Waals surface area contributed by atoms with E-state index in [-0.39, 0.29) is 5.78 Å². The molecule has 0 radical (unpaired) electrons. The third-order valence-electron chi connectivity index (χ3n) is 5.45. The second kappa shape index (κ2) is 6.94. The number of hydrogen-bond acceptors (Lipinski definition) is 5. The Morgan fingerprint density at radius 3 is 2.69 bits per heavy atom. The van der Waals surface area contributed by atoms with E-state index in [0.717, 1.165) is 25.0 Å². The fourth-order valence-corrected chi connectivity index (χ4v) is 4.23. The zero-order chi connectivity index (χ0) is 18.1. The third kappa shape index (κ3) is 3.23. The van der Waals surface area contributed by atoms with Crippen molar-refractivity contribution in [3.05, 3.63) is 41.1 Å². The molecule has 1 aromatic carbocycles. The first-order valence-electron chi connectivity index (χ1n) is 9.27. The third-order valence-corrected chi connectivity index (χ3v) is 5.45. The molecule has 1 aliphatic heterocycles. The maximum absolute atomic E-state index is 12.1. The molecule has 0 spiro atoms. The van der Waals surface area contributed by atoms with Crippen molar-refractivity contribution in [3.63, 3.8) is 0 Å². The van der Waals surface area contributed by atoms with E-state index in [1.165, 1.54) is 37.5 Å². The number of allylic oxidation sites excluding steroid dienone is 1. The van der Waals surface area contributed by atoms with Gasteiger partial charge in [-0.1, -0.05) is 6.42 Å². The molecule has 0 bridgehead atoms. The molecule has 3 aliphatic rings.